The average molecular weight is 337 g/mol. The van der Waals surface area contributed by atoms with Gasteiger partial charge in [-0.25, -0.2) is 0 Å². The summed E-state index contributed by atoms with van der Waals surface area (Å²) in [5.74, 6) is 0.550. The van der Waals surface area contributed by atoms with Gasteiger partial charge in [-0.15, -0.1) is 0 Å². The number of piperidine rings is 2. The van der Waals surface area contributed by atoms with E-state index in [1.54, 1.807) is 12.1 Å². The lowest BCUT2D eigenvalue weighted by molar-refractivity contribution is -0.384. The average Bonchev–Trinajstić information content (AvgIpc) is 2.64. The quantitative estimate of drug-likeness (QED) is 0.660. The number of nitrogens with zero attached hydrogens (tertiary/aromatic N) is 2. The molecule has 0 amide bonds. The predicted molar refractivity (Wildman–Crippen MR) is 98.5 cm³/mol. The van der Waals surface area contributed by atoms with Crippen molar-refractivity contribution in [2.75, 3.05) is 11.9 Å². The van der Waals surface area contributed by atoms with E-state index in [-0.39, 0.29) is 10.6 Å². The lowest BCUT2D eigenvalue weighted by Crippen LogP contribution is -2.55. The van der Waals surface area contributed by atoms with Crippen LogP contribution < -0.4 is 5.32 Å². The number of hydrogen-bond acceptors (Lipinski definition) is 4. The maximum atomic E-state index is 11.2. The Balaban J connectivity index is 1.45. The minimum atomic E-state index is -0.300. The van der Waals surface area contributed by atoms with E-state index in [1.807, 2.05) is 12.1 Å². The van der Waals surface area contributed by atoms with Crippen LogP contribution >= 0.6 is 0 Å². The predicted octanol–water partition coefficient (Wildman–Crippen LogP) is 4.06. The van der Waals surface area contributed by atoms with Crippen LogP contribution in [0.15, 0.2) is 54.6 Å². The highest BCUT2D eigenvalue weighted by atomic mass is 16.6. The Morgan fingerprint density at radius 3 is 2.56 bits per heavy atom. The highest BCUT2D eigenvalue weighted by molar-refractivity contribution is 5.61. The molecule has 5 nitrogen and oxygen atoms in total. The SMILES string of the molecule is O=[N+]([O-])c1ccccc1NC1CC2CCC1CN2Cc1ccccc1. The molecule has 3 unspecified atom stereocenters. The van der Waals surface area contributed by atoms with Gasteiger partial charge in [0.2, 0.25) is 0 Å². The molecule has 3 fully saturated rings. The summed E-state index contributed by atoms with van der Waals surface area (Å²) in [6.07, 6.45) is 3.49. The van der Waals surface area contributed by atoms with Crippen LogP contribution in [0.2, 0.25) is 0 Å². The highest BCUT2D eigenvalue weighted by Gasteiger charge is 2.40. The molecule has 2 saturated heterocycles. The summed E-state index contributed by atoms with van der Waals surface area (Å²) in [4.78, 5) is 13.5. The zero-order valence-corrected chi connectivity index (χ0v) is 14.2. The van der Waals surface area contributed by atoms with Gasteiger partial charge in [0.1, 0.15) is 5.69 Å². The molecule has 130 valence electrons. The van der Waals surface area contributed by atoms with Crippen molar-refractivity contribution in [1.29, 1.82) is 0 Å². The Bertz CT molecular complexity index is 750. The van der Waals surface area contributed by atoms with Crippen molar-refractivity contribution in [3.05, 3.63) is 70.3 Å². The topological polar surface area (TPSA) is 58.4 Å². The lowest BCUT2D eigenvalue weighted by Gasteiger charge is -2.50. The molecule has 1 aliphatic carbocycles. The molecule has 2 aliphatic heterocycles. The van der Waals surface area contributed by atoms with Gasteiger partial charge in [-0.05, 0) is 36.8 Å². The molecule has 1 saturated carbocycles. The van der Waals surface area contributed by atoms with Crippen molar-refractivity contribution in [1.82, 2.24) is 4.90 Å². The molecule has 3 atom stereocenters. The van der Waals surface area contributed by atoms with Gasteiger partial charge in [0.25, 0.3) is 5.69 Å². The number of anilines is 1. The monoisotopic (exact) mass is 337 g/mol. The molecule has 25 heavy (non-hydrogen) atoms. The maximum Gasteiger partial charge on any atom is 0.292 e. The zero-order chi connectivity index (χ0) is 17.2. The molecule has 2 aromatic carbocycles. The minimum absolute atomic E-state index is 0.171. The van der Waals surface area contributed by atoms with Crippen LogP contribution in [0.4, 0.5) is 11.4 Å². The van der Waals surface area contributed by atoms with E-state index < -0.39 is 0 Å². The summed E-state index contributed by atoms with van der Waals surface area (Å²) < 4.78 is 0. The summed E-state index contributed by atoms with van der Waals surface area (Å²) in [6, 6.07) is 18.5. The molecule has 1 N–H and O–H groups in total. The molecule has 2 heterocycles. The maximum absolute atomic E-state index is 11.2. The van der Waals surface area contributed by atoms with Crippen molar-refractivity contribution in [2.24, 2.45) is 5.92 Å². The summed E-state index contributed by atoms with van der Waals surface area (Å²) >= 11 is 0. The zero-order valence-electron chi connectivity index (χ0n) is 14.2. The molecule has 2 aromatic rings. The standard InChI is InChI=1S/C20H23N3O2/c24-23(25)20-9-5-4-8-18(20)21-19-12-17-11-10-16(19)14-22(17)13-15-6-2-1-3-7-15/h1-9,16-17,19,21H,10-14H2. The second-order valence-electron chi connectivity index (χ2n) is 7.17. The van der Waals surface area contributed by atoms with Crippen LogP contribution in [0.3, 0.4) is 0 Å². The molecule has 0 radical (unpaired) electrons. The van der Waals surface area contributed by atoms with Crippen molar-refractivity contribution < 1.29 is 4.92 Å². The number of fused-ring (bicyclic) bond motifs is 3. The number of nitrogens with one attached hydrogen (secondary N) is 1. The largest absolute Gasteiger partial charge is 0.376 e. The third-order valence-corrected chi connectivity index (χ3v) is 5.62. The summed E-state index contributed by atoms with van der Waals surface area (Å²) in [5, 5.41) is 14.7. The van der Waals surface area contributed by atoms with E-state index in [2.05, 4.69) is 40.5 Å². The van der Waals surface area contributed by atoms with Gasteiger partial charge in [0.05, 0.1) is 4.92 Å². The third-order valence-electron chi connectivity index (χ3n) is 5.62. The van der Waals surface area contributed by atoms with E-state index in [1.165, 1.54) is 18.4 Å². The number of benzene rings is 2. The number of rotatable bonds is 5. The normalized spacial score (nSPS) is 25.7. The van der Waals surface area contributed by atoms with Crippen LogP contribution in [0.1, 0.15) is 24.8 Å². The number of para-hydroxylation sites is 2. The van der Waals surface area contributed by atoms with Crippen LogP contribution in [0.25, 0.3) is 0 Å². The van der Waals surface area contributed by atoms with E-state index in [0.29, 0.717) is 23.7 Å². The first kappa shape index (κ1) is 16.1. The molecule has 0 spiro atoms. The van der Waals surface area contributed by atoms with E-state index in [0.717, 1.165) is 19.5 Å². The molecule has 3 aliphatic rings. The van der Waals surface area contributed by atoms with E-state index in [9.17, 15) is 10.1 Å². The second kappa shape index (κ2) is 6.84. The molecular weight excluding hydrogens is 314 g/mol. The van der Waals surface area contributed by atoms with Gasteiger partial charge >= 0.3 is 0 Å². The van der Waals surface area contributed by atoms with E-state index >= 15 is 0 Å². The lowest BCUT2D eigenvalue weighted by atomic mass is 9.76. The number of nitro benzene ring substituents is 1. The molecule has 5 heteroatoms. The van der Waals surface area contributed by atoms with Crippen LogP contribution in [0.5, 0.6) is 0 Å². The molecule has 5 rings (SSSR count). The van der Waals surface area contributed by atoms with Gasteiger partial charge in [0.15, 0.2) is 0 Å². The molecular formula is C20H23N3O2. The Labute approximate surface area is 147 Å². The summed E-state index contributed by atoms with van der Waals surface area (Å²) in [7, 11) is 0. The van der Waals surface area contributed by atoms with Crippen molar-refractivity contribution in [3.63, 3.8) is 0 Å². The van der Waals surface area contributed by atoms with Crippen LogP contribution in [-0.4, -0.2) is 28.5 Å². The first-order chi connectivity index (χ1) is 12.2. The minimum Gasteiger partial charge on any atom is -0.376 e. The first-order valence-electron chi connectivity index (χ1n) is 8.98. The number of nitro groups is 1. The number of hydrogen-bond donors (Lipinski definition) is 1. The fraction of sp³-hybridized carbons (Fsp3) is 0.400. The Morgan fingerprint density at radius 2 is 1.84 bits per heavy atom. The second-order valence-corrected chi connectivity index (χ2v) is 7.17. The summed E-state index contributed by atoms with van der Waals surface area (Å²) in [6.45, 7) is 2.07. The van der Waals surface area contributed by atoms with Gasteiger partial charge in [-0.1, -0.05) is 42.5 Å². The van der Waals surface area contributed by atoms with Crippen LogP contribution in [0, 0.1) is 16.0 Å². The Morgan fingerprint density at radius 1 is 1.08 bits per heavy atom. The highest BCUT2D eigenvalue weighted by Crippen LogP contribution is 2.38. The van der Waals surface area contributed by atoms with Gasteiger partial charge < -0.3 is 5.32 Å². The van der Waals surface area contributed by atoms with E-state index in [4.69, 9.17) is 0 Å². The molecule has 2 bridgehead atoms. The fourth-order valence-electron chi connectivity index (χ4n) is 4.35. The van der Waals surface area contributed by atoms with Crippen molar-refractivity contribution in [2.45, 2.75) is 37.9 Å². The van der Waals surface area contributed by atoms with Crippen LogP contribution in [-0.2, 0) is 6.54 Å². The van der Waals surface area contributed by atoms with Crippen molar-refractivity contribution in [3.8, 4) is 0 Å². The van der Waals surface area contributed by atoms with Crippen molar-refractivity contribution >= 4 is 11.4 Å². The van der Waals surface area contributed by atoms with Gasteiger partial charge in [-0.3, -0.25) is 15.0 Å². The third kappa shape index (κ3) is 3.37. The smallest absolute Gasteiger partial charge is 0.292 e. The van der Waals surface area contributed by atoms with Gasteiger partial charge in [0, 0.05) is 31.2 Å². The molecule has 0 aromatic heterocycles. The summed E-state index contributed by atoms with van der Waals surface area (Å²) in [5.41, 5.74) is 2.18. The Hall–Kier alpha value is -2.40. The fourth-order valence-corrected chi connectivity index (χ4v) is 4.35. The van der Waals surface area contributed by atoms with Gasteiger partial charge in [-0.2, -0.15) is 0 Å². The first-order valence-corrected chi connectivity index (χ1v) is 8.98. The Kier molecular flexibility index (Phi) is 4.40.